The third-order valence-corrected chi connectivity index (χ3v) is 6.42. The first kappa shape index (κ1) is 17.7. The molecule has 0 fully saturated rings. The van der Waals surface area contributed by atoms with E-state index in [1.54, 1.807) is 13.0 Å². The van der Waals surface area contributed by atoms with Gasteiger partial charge < -0.3 is 10.2 Å². The molecule has 0 unspecified atom stereocenters. The number of rotatable bonds is 5. The van der Waals surface area contributed by atoms with Crippen LogP contribution in [0.3, 0.4) is 0 Å². The van der Waals surface area contributed by atoms with Gasteiger partial charge in [0.25, 0.3) is 0 Å². The van der Waals surface area contributed by atoms with E-state index in [4.69, 9.17) is 0 Å². The predicted octanol–water partition coefficient (Wildman–Crippen LogP) is 3.71. The van der Waals surface area contributed by atoms with Crippen molar-refractivity contribution in [1.82, 2.24) is 5.32 Å². The van der Waals surface area contributed by atoms with Crippen molar-refractivity contribution in [1.29, 1.82) is 0 Å². The number of para-hydroxylation sites is 1. The zero-order valence-corrected chi connectivity index (χ0v) is 15.7. The number of hydrogen-bond acceptors (Lipinski definition) is 4. The first-order valence-electron chi connectivity index (χ1n) is 8.53. The van der Waals surface area contributed by atoms with Gasteiger partial charge in [-0.3, -0.25) is 0 Å². The molecular formula is C20H24N2O2S. The van der Waals surface area contributed by atoms with Crippen LogP contribution in [0.1, 0.15) is 24.5 Å². The zero-order chi connectivity index (χ0) is 18.0. The minimum atomic E-state index is -3.23. The average Bonchev–Trinajstić information content (AvgIpc) is 2.75. The van der Waals surface area contributed by atoms with Crippen LogP contribution in [0.5, 0.6) is 0 Å². The second-order valence-corrected chi connectivity index (χ2v) is 8.50. The molecule has 1 N–H and O–H groups in total. The van der Waals surface area contributed by atoms with E-state index in [0.717, 1.165) is 41.0 Å². The van der Waals surface area contributed by atoms with E-state index in [9.17, 15) is 8.42 Å². The van der Waals surface area contributed by atoms with Gasteiger partial charge in [0.2, 0.25) is 0 Å². The second kappa shape index (κ2) is 7.02. The lowest BCUT2D eigenvalue weighted by atomic mass is 9.99. The molecule has 0 aromatic heterocycles. The highest BCUT2D eigenvalue weighted by atomic mass is 32.2. The van der Waals surface area contributed by atoms with Gasteiger partial charge in [-0.05, 0) is 61.5 Å². The monoisotopic (exact) mass is 356 g/mol. The molecule has 5 heteroatoms. The molecule has 0 radical (unpaired) electrons. The Morgan fingerprint density at radius 2 is 1.84 bits per heavy atom. The van der Waals surface area contributed by atoms with Gasteiger partial charge in [-0.2, -0.15) is 0 Å². The standard InChI is InChI=1S/C20H24N2O2S/c1-4-25(23,24)17-9-10-20-18(14-17)15(11-12-21-2)13-16-7-5-6-8-19(16)22(20)3/h5-10,13-14,21H,4,11-12H2,1-3H3. The summed E-state index contributed by atoms with van der Waals surface area (Å²) in [5, 5.41) is 3.18. The van der Waals surface area contributed by atoms with Gasteiger partial charge >= 0.3 is 0 Å². The van der Waals surface area contributed by atoms with Crippen molar-refractivity contribution >= 4 is 32.9 Å². The number of fused-ring (bicyclic) bond motifs is 2. The number of nitrogens with one attached hydrogen (secondary N) is 1. The SMILES string of the molecule is CCS(=O)(=O)c1ccc2c(c1)C(CCNC)=Cc1ccccc1N2C. The summed E-state index contributed by atoms with van der Waals surface area (Å²) in [6.45, 7) is 2.52. The van der Waals surface area contributed by atoms with Crippen LogP contribution in [-0.4, -0.2) is 34.8 Å². The molecule has 4 nitrogen and oxygen atoms in total. The Morgan fingerprint density at radius 1 is 1.08 bits per heavy atom. The van der Waals surface area contributed by atoms with E-state index in [1.165, 1.54) is 0 Å². The van der Waals surface area contributed by atoms with Gasteiger partial charge in [0.1, 0.15) is 0 Å². The van der Waals surface area contributed by atoms with Crippen LogP contribution in [0, 0.1) is 0 Å². The molecule has 0 atom stereocenters. The number of nitrogens with zero attached hydrogens (tertiary/aromatic N) is 1. The molecule has 1 aliphatic heterocycles. The van der Waals surface area contributed by atoms with Crippen molar-refractivity contribution in [2.75, 3.05) is 31.3 Å². The summed E-state index contributed by atoms with van der Waals surface area (Å²) in [5.41, 5.74) is 5.43. The minimum absolute atomic E-state index is 0.109. The number of anilines is 2. The van der Waals surface area contributed by atoms with Crippen molar-refractivity contribution in [3.8, 4) is 0 Å². The van der Waals surface area contributed by atoms with E-state index in [0.29, 0.717) is 4.90 Å². The summed E-state index contributed by atoms with van der Waals surface area (Å²) in [4.78, 5) is 2.53. The molecule has 0 saturated carbocycles. The minimum Gasteiger partial charge on any atom is -0.344 e. The molecule has 2 aromatic carbocycles. The average molecular weight is 356 g/mol. The first-order chi connectivity index (χ1) is 12.0. The molecular weight excluding hydrogens is 332 g/mol. The Bertz CT molecular complexity index is 917. The van der Waals surface area contributed by atoms with Crippen LogP contribution in [0.4, 0.5) is 11.4 Å². The van der Waals surface area contributed by atoms with Crippen molar-refractivity contribution in [2.24, 2.45) is 0 Å². The summed E-state index contributed by atoms with van der Waals surface area (Å²) in [6.07, 6.45) is 3.01. The van der Waals surface area contributed by atoms with Crippen molar-refractivity contribution < 1.29 is 8.42 Å². The molecule has 0 amide bonds. The van der Waals surface area contributed by atoms with E-state index in [2.05, 4.69) is 28.4 Å². The maximum atomic E-state index is 12.3. The molecule has 1 heterocycles. The molecule has 25 heavy (non-hydrogen) atoms. The van der Waals surface area contributed by atoms with Crippen LogP contribution in [0.2, 0.25) is 0 Å². The lowest BCUT2D eigenvalue weighted by Gasteiger charge is -2.23. The number of benzene rings is 2. The highest BCUT2D eigenvalue weighted by Gasteiger charge is 2.21. The summed E-state index contributed by atoms with van der Waals surface area (Å²) in [7, 11) is 0.721. The third-order valence-electron chi connectivity index (χ3n) is 4.69. The topological polar surface area (TPSA) is 49.4 Å². The Kier molecular flexibility index (Phi) is 4.97. The molecule has 0 bridgehead atoms. The molecule has 0 spiro atoms. The summed E-state index contributed by atoms with van der Waals surface area (Å²) >= 11 is 0. The fraction of sp³-hybridized carbons (Fsp3) is 0.300. The van der Waals surface area contributed by atoms with Crippen molar-refractivity contribution in [2.45, 2.75) is 18.2 Å². The smallest absolute Gasteiger partial charge is 0.178 e. The molecule has 132 valence electrons. The summed E-state index contributed by atoms with van der Waals surface area (Å²) in [6, 6.07) is 13.7. The third kappa shape index (κ3) is 3.34. The quantitative estimate of drug-likeness (QED) is 0.887. The van der Waals surface area contributed by atoms with Crippen LogP contribution >= 0.6 is 0 Å². The fourth-order valence-corrected chi connectivity index (χ4v) is 4.11. The highest BCUT2D eigenvalue weighted by molar-refractivity contribution is 7.91. The number of sulfone groups is 1. The number of hydrogen-bond donors (Lipinski definition) is 1. The van der Waals surface area contributed by atoms with Crippen molar-refractivity contribution in [3.63, 3.8) is 0 Å². The Balaban J connectivity index is 2.23. The lowest BCUT2D eigenvalue weighted by Crippen LogP contribution is -2.13. The maximum absolute atomic E-state index is 12.3. The summed E-state index contributed by atoms with van der Waals surface area (Å²) < 4.78 is 24.7. The largest absolute Gasteiger partial charge is 0.344 e. The fourth-order valence-electron chi connectivity index (χ4n) is 3.20. The summed E-state index contributed by atoms with van der Waals surface area (Å²) in [5.74, 6) is 0.109. The molecule has 0 saturated heterocycles. The van der Waals surface area contributed by atoms with E-state index >= 15 is 0 Å². The van der Waals surface area contributed by atoms with E-state index < -0.39 is 9.84 Å². The van der Waals surface area contributed by atoms with Gasteiger partial charge in [0.15, 0.2) is 9.84 Å². The van der Waals surface area contributed by atoms with Gasteiger partial charge in [-0.25, -0.2) is 8.42 Å². The van der Waals surface area contributed by atoms with Crippen molar-refractivity contribution in [3.05, 3.63) is 53.6 Å². The highest BCUT2D eigenvalue weighted by Crippen LogP contribution is 2.40. The van der Waals surface area contributed by atoms with Gasteiger partial charge in [0, 0.05) is 24.0 Å². The van der Waals surface area contributed by atoms with Crippen LogP contribution < -0.4 is 10.2 Å². The molecule has 1 aliphatic rings. The predicted molar refractivity (Wildman–Crippen MR) is 105 cm³/mol. The molecule has 3 rings (SSSR count). The first-order valence-corrected chi connectivity index (χ1v) is 10.2. The van der Waals surface area contributed by atoms with Gasteiger partial charge in [-0.1, -0.05) is 25.1 Å². The van der Waals surface area contributed by atoms with Gasteiger partial charge in [0.05, 0.1) is 10.6 Å². The van der Waals surface area contributed by atoms with Crippen LogP contribution in [0.15, 0.2) is 47.4 Å². The lowest BCUT2D eigenvalue weighted by molar-refractivity contribution is 0.597. The molecule has 0 aliphatic carbocycles. The Labute approximate surface area is 150 Å². The molecule has 2 aromatic rings. The van der Waals surface area contributed by atoms with Crippen LogP contribution in [-0.2, 0) is 9.84 Å². The zero-order valence-electron chi connectivity index (χ0n) is 14.9. The maximum Gasteiger partial charge on any atom is 0.178 e. The second-order valence-electron chi connectivity index (χ2n) is 6.22. The van der Waals surface area contributed by atoms with E-state index in [-0.39, 0.29) is 5.75 Å². The van der Waals surface area contributed by atoms with Gasteiger partial charge in [-0.15, -0.1) is 0 Å². The Hall–Kier alpha value is -2.11. The van der Waals surface area contributed by atoms with E-state index in [1.807, 2.05) is 38.4 Å². The normalized spacial score (nSPS) is 13.7. The Morgan fingerprint density at radius 3 is 2.56 bits per heavy atom. The van der Waals surface area contributed by atoms with Crippen LogP contribution in [0.25, 0.3) is 11.6 Å².